The van der Waals surface area contributed by atoms with Gasteiger partial charge in [-0.15, -0.1) is 0 Å². The Morgan fingerprint density at radius 2 is 1.88 bits per heavy atom. The molecule has 0 saturated carbocycles. The first-order valence-corrected chi connectivity index (χ1v) is 9.46. The number of amides is 2. The molecule has 0 aliphatic carbocycles. The van der Waals surface area contributed by atoms with E-state index in [0.717, 1.165) is 50.3 Å². The van der Waals surface area contributed by atoms with Gasteiger partial charge in [0.05, 0.1) is 17.9 Å². The van der Waals surface area contributed by atoms with Crippen LogP contribution in [0.2, 0.25) is 0 Å². The zero-order chi connectivity index (χ0) is 18.4. The lowest BCUT2D eigenvalue weighted by molar-refractivity contribution is 0.191. The van der Waals surface area contributed by atoms with Crippen LogP contribution in [0.15, 0.2) is 48.8 Å². The van der Waals surface area contributed by atoms with Gasteiger partial charge in [0.2, 0.25) is 0 Å². The second-order valence-electron chi connectivity index (χ2n) is 6.85. The topological polar surface area (TPSA) is 48.5 Å². The molecule has 1 aliphatic heterocycles. The third kappa shape index (κ3) is 4.54. The molecule has 1 N–H and O–H groups in total. The van der Waals surface area contributed by atoms with Gasteiger partial charge in [0, 0.05) is 32.4 Å². The predicted molar refractivity (Wildman–Crippen MR) is 105 cm³/mol. The number of aromatic nitrogens is 1. The normalized spacial score (nSPS) is 15.6. The molecular weight excluding hydrogens is 324 g/mol. The second kappa shape index (κ2) is 8.70. The van der Waals surface area contributed by atoms with E-state index in [2.05, 4.69) is 52.5 Å². The summed E-state index contributed by atoms with van der Waals surface area (Å²) < 4.78 is 0. The van der Waals surface area contributed by atoms with E-state index in [1.54, 1.807) is 6.20 Å². The smallest absolute Gasteiger partial charge is 0.317 e. The summed E-state index contributed by atoms with van der Waals surface area (Å²) in [6, 6.07) is 12.6. The monoisotopic (exact) mass is 352 g/mol. The Kier molecular flexibility index (Phi) is 6.10. The predicted octanol–water partition coefficient (Wildman–Crippen LogP) is 3.63. The van der Waals surface area contributed by atoms with Gasteiger partial charge in [-0.05, 0) is 36.6 Å². The van der Waals surface area contributed by atoms with Crippen LogP contribution >= 0.6 is 0 Å². The number of nitrogens with zero attached hydrogens (tertiary/aromatic N) is 3. The Balaban J connectivity index is 1.50. The molecule has 1 aromatic carbocycles. The van der Waals surface area contributed by atoms with Crippen molar-refractivity contribution >= 4 is 11.7 Å². The fourth-order valence-electron chi connectivity index (χ4n) is 3.33. The SMILES string of the molecule is CCCc1ccc([C@H](C)NC(=O)N2CCN(c3cccnc3)CC2)cc1. The Hall–Kier alpha value is -2.56. The molecular formula is C21H28N4O. The average Bonchev–Trinajstić information content (AvgIpc) is 2.69. The van der Waals surface area contributed by atoms with Crippen LogP contribution in [0.4, 0.5) is 10.5 Å². The van der Waals surface area contributed by atoms with Crippen LogP contribution in [0, 0.1) is 0 Å². The molecule has 0 bridgehead atoms. The third-order valence-corrected chi connectivity index (χ3v) is 4.94. The minimum atomic E-state index is 0.00882. The molecule has 0 spiro atoms. The van der Waals surface area contributed by atoms with Gasteiger partial charge in [-0.25, -0.2) is 4.79 Å². The van der Waals surface area contributed by atoms with E-state index < -0.39 is 0 Å². The molecule has 138 valence electrons. The largest absolute Gasteiger partial charge is 0.367 e. The summed E-state index contributed by atoms with van der Waals surface area (Å²) in [5, 5.41) is 3.13. The van der Waals surface area contributed by atoms with Crippen molar-refractivity contribution in [1.82, 2.24) is 15.2 Å². The summed E-state index contributed by atoms with van der Waals surface area (Å²) in [5.41, 5.74) is 3.61. The van der Waals surface area contributed by atoms with Crippen LogP contribution in [0.3, 0.4) is 0 Å². The molecule has 3 rings (SSSR count). The van der Waals surface area contributed by atoms with Crippen LogP contribution in [0.1, 0.15) is 37.4 Å². The molecule has 0 radical (unpaired) electrons. The number of benzene rings is 1. The number of hydrogen-bond donors (Lipinski definition) is 1. The summed E-state index contributed by atoms with van der Waals surface area (Å²) in [4.78, 5) is 20.9. The summed E-state index contributed by atoms with van der Waals surface area (Å²) in [6.07, 6.45) is 5.91. The fourth-order valence-corrected chi connectivity index (χ4v) is 3.33. The van der Waals surface area contributed by atoms with Crippen molar-refractivity contribution < 1.29 is 4.79 Å². The van der Waals surface area contributed by atoms with E-state index in [4.69, 9.17) is 0 Å². The van der Waals surface area contributed by atoms with Gasteiger partial charge in [-0.2, -0.15) is 0 Å². The number of hydrogen-bond acceptors (Lipinski definition) is 3. The van der Waals surface area contributed by atoms with E-state index in [1.165, 1.54) is 5.56 Å². The molecule has 1 atom stereocenters. The highest BCUT2D eigenvalue weighted by atomic mass is 16.2. The molecule has 5 heteroatoms. The first kappa shape index (κ1) is 18.2. The molecule has 0 unspecified atom stereocenters. The van der Waals surface area contributed by atoms with E-state index in [-0.39, 0.29) is 12.1 Å². The van der Waals surface area contributed by atoms with E-state index in [9.17, 15) is 4.79 Å². The van der Waals surface area contributed by atoms with E-state index in [0.29, 0.717) is 0 Å². The van der Waals surface area contributed by atoms with Gasteiger partial charge >= 0.3 is 6.03 Å². The third-order valence-electron chi connectivity index (χ3n) is 4.94. The highest BCUT2D eigenvalue weighted by Gasteiger charge is 2.22. The number of rotatable bonds is 5. The minimum Gasteiger partial charge on any atom is -0.367 e. The second-order valence-corrected chi connectivity index (χ2v) is 6.85. The summed E-state index contributed by atoms with van der Waals surface area (Å²) in [5.74, 6) is 0. The quantitative estimate of drug-likeness (QED) is 0.894. The summed E-state index contributed by atoms with van der Waals surface area (Å²) in [6.45, 7) is 7.34. The molecule has 26 heavy (non-hydrogen) atoms. The Morgan fingerprint density at radius 1 is 1.15 bits per heavy atom. The van der Waals surface area contributed by atoms with E-state index in [1.807, 2.05) is 24.1 Å². The van der Waals surface area contributed by atoms with Crippen molar-refractivity contribution in [3.05, 3.63) is 59.9 Å². The van der Waals surface area contributed by atoms with Gasteiger partial charge in [-0.1, -0.05) is 37.6 Å². The maximum absolute atomic E-state index is 12.6. The maximum Gasteiger partial charge on any atom is 0.317 e. The molecule has 2 heterocycles. The van der Waals surface area contributed by atoms with Crippen molar-refractivity contribution in [1.29, 1.82) is 0 Å². The first-order valence-electron chi connectivity index (χ1n) is 9.46. The fraction of sp³-hybridized carbons (Fsp3) is 0.429. The highest BCUT2D eigenvalue weighted by molar-refractivity contribution is 5.75. The molecule has 2 aromatic rings. The van der Waals surface area contributed by atoms with Gasteiger partial charge in [0.1, 0.15) is 0 Å². The number of aryl methyl sites for hydroxylation is 1. The highest BCUT2D eigenvalue weighted by Crippen LogP contribution is 2.17. The van der Waals surface area contributed by atoms with Crippen LogP contribution in [0.25, 0.3) is 0 Å². The number of piperazine rings is 1. The lowest BCUT2D eigenvalue weighted by atomic mass is 10.0. The van der Waals surface area contributed by atoms with Crippen molar-refractivity contribution in [2.75, 3.05) is 31.1 Å². The number of pyridine rings is 1. The first-order chi connectivity index (χ1) is 12.7. The zero-order valence-corrected chi connectivity index (χ0v) is 15.7. The zero-order valence-electron chi connectivity index (χ0n) is 15.7. The lowest BCUT2D eigenvalue weighted by Gasteiger charge is -2.36. The Labute approximate surface area is 156 Å². The van der Waals surface area contributed by atoms with Crippen molar-refractivity contribution in [3.8, 4) is 0 Å². The summed E-state index contributed by atoms with van der Waals surface area (Å²) >= 11 is 0. The minimum absolute atomic E-state index is 0.00882. The summed E-state index contributed by atoms with van der Waals surface area (Å²) in [7, 11) is 0. The van der Waals surface area contributed by atoms with Crippen molar-refractivity contribution in [3.63, 3.8) is 0 Å². The number of carbonyl (C=O) groups excluding carboxylic acids is 1. The molecule has 1 saturated heterocycles. The number of carbonyl (C=O) groups is 1. The van der Waals surface area contributed by atoms with E-state index >= 15 is 0 Å². The molecule has 1 aromatic heterocycles. The molecule has 5 nitrogen and oxygen atoms in total. The number of urea groups is 1. The Bertz CT molecular complexity index is 694. The lowest BCUT2D eigenvalue weighted by Crippen LogP contribution is -2.52. The maximum atomic E-state index is 12.6. The number of nitrogens with one attached hydrogen (secondary N) is 1. The van der Waals surface area contributed by atoms with Crippen LogP contribution in [0.5, 0.6) is 0 Å². The van der Waals surface area contributed by atoms with Crippen LogP contribution in [-0.4, -0.2) is 42.1 Å². The van der Waals surface area contributed by atoms with Crippen LogP contribution < -0.4 is 10.2 Å². The van der Waals surface area contributed by atoms with Gasteiger partial charge in [0.15, 0.2) is 0 Å². The average molecular weight is 352 g/mol. The van der Waals surface area contributed by atoms with Crippen LogP contribution in [-0.2, 0) is 6.42 Å². The van der Waals surface area contributed by atoms with Gasteiger partial charge in [0.25, 0.3) is 0 Å². The molecule has 2 amide bonds. The van der Waals surface area contributed by atoms with Gasteiger partial charge in [-0.3, -0.25) is 4.98 Å². The van der Waals surface area contributed by atoms with Crippen molar-refractivity contribution in [2.24, 2.45) is 0 Å². The molecule has 1 fully saturated rings. The van der Waals surface area contributed by atoms with Gasteiger partial charge < -0.3 is 15.1 Å². The standard InChI is InChI=1S/C21H28N4O/c1-3-5-18-7-9-19(10-8-18)17(2)23-21(26)25-14-12-24(13-15-25)20-6-4-11-22-16-20/h4,6-11,16-17H,3,5,12-15H2,1-2H3,(H,23,26)/t17-/m0/s1. The Morgan fingerprint density at radius 3 is 2.50 bits per heavy atom. The van der Waals surface area contributed by atoms with Crippen molar-refractivity contribution in [2.45, 2.75) is 32.7 Å². The molecule has 1 aliphatic rings. The number of anilines is 1.